The van der Waals surface area contributed by atoms with Crippen LogP contribution in [0.1, 0.15) is 61.9 Å². The standard InChI is InChI=1S/C17H23N5O3/c1-10-8-14(20-24-10)18-16(23)11(2)22-7-3-4-13(9-22)15-19-17(25-21-15)12-5-6-12/h8,11-13H,3-7,9H2,1-2H3,(H,18,20,23)/t11-,13-/m0/s1. The van der Waals surface area contributed by atoms with Crippen LogP contribution in [-0.2, 0) is 4.79 Å². The second kappa shape index (κ2) is 6.59. The number of nitrogens with one attached hydrogen (secondary N) is 1. The maximum atomic E-state index is 12.5. The molecule has 8 nitrogen and oxygen atoms in total. The van der Waals surface area contributed by atoms with E-state index in [1.807, 2.05) is 6.92 Å². The van der Waals surface area contributed by atoms with Gasteiger partial charge < -0.3 is 14.4 Å². The first kappa shape index (κ1) is 16.3. The van der Waals surface area contributed by atoms with Crippen molar-refractivity contribution >= 4 is 11.7 Å². The zero-order chi connectivity index (χ0) is 17.4. The first-order valence-electron chi connectivity index (χ1n) is 8.92. The minimum atomic E-state index is -0.255. The van der Waals surface area contributed by atoms with Gasteiger partial charge in [-0.15, -0.1) is 0 Å². The summed E-state index contributed by atoms with van der Waals surface area (Å²) in [4.78, 5) is 19.2. The quantitative estimate of drug-likeness (QED) is 0.889. The normalized spacial score (nSPS) is 22.7. The maximum Gasteiger partial charge on any atom is 0.242 e. The molecule has 4 rings (SSSR count). The number of anilines is 1. The number of piperidine rings is 1. The fourth-order valence-electron chi connectivity index (χ4n) is 3.30. The summed E-state index contributed by atoms with van der Waals surface area (Å²) in [6.45, 7) is 5.35. The first-order valence-corrected chi connectivity index (χ1v) is 8.92. The number of hydrogen-bond acceptors (Lipinski definition) is 7. The molecule has 8 heteroatoms. The molecule has 1 aliphatic heterocycles. The molecule has 0 unspecified atom stereocenters. The average Bonchev–Trinajstić information content (AvgIpc) is 3.21. The number of aryl methyl sites for hydroxylation is 1. The van der Waals surface area contributed by atoms with Crippen LogP contribution < -0.4 is 5.32 Å². The molecule has 1 saturated carbocycles. The van der Waals surface area contributed by atoms with Crippen molar-refractivity contribution in [1.29, 1.82) is 0 Å². The van der Waals surface area contributed by atoms with Gasteiger partial charge in [0.2, 0.25) is 11.8 Å². The maximum absolute atomic E-state index is 12.5. The third-order valence-corrected chi connectivity index (χ3v) is 5.01. The van der Waals surface area contributed by atoms with Crippen LogP contribution in [0.25, 0.3) is 0 Å². The average molecular weight is 345 g/mol. The summed E-state index contributed by atoms with van der Waals surface area (Å²) in [5.41, 5.74) is 0. The van der Waals surface area contributed by atoms with Gasteiger partial charge in [0.15, 0.2) is 11.6 Å². The van der Waals surface area contributed by atoms with E-state index >= 15 is 0 Å². The van der Waals surface area contributed by atoms with E-state index in [9.17, 15) is 4.79 Å². The summed E-state index contributed by atoms with van der Waals surface area (Å²) in [5.74, 6) is 3.29. The molecule has 2 fully saturated rings. The highest BCUT2D eigenvalue weighted by Gasteiger charge is 2.33. The Labute approximate surface area is 145 Å². The Morgan fingerprint density at radius 1 is 1.28 bits per heavy atom. The smallest absolute Gasteiger partial charge is 0.242 e. The molecule has 0 bridgehead atoms. The lowest BCUT2D eigenvalue weighted by atomic mass is 9.96. The SMILES string of the molecule is Cc1cc(NC(=O)[C@H](C)N2CCC[C@H](c3noc(C4CC4)n3)C2)no1. The molecule has 2 aliphatic rings. The summed E-state index contributed by atoms with van der Waals surface area (Å²) in [6.07, 6.45) is 4.34. The molecule has 1 aliphatic carbocycles. The van der Waals surface area contributed by atoms with E-state index in [-0.39, 0.29) is 17.9 Å². The van der Waals surface area contributed by atoms with Crippen molar-refractivity contribution in [3.8, 4) is 0 Å². The Balaban J connectivity index is 1.38. The third kappa shape index (κ3) is 3.58. The van der Waals surface area contributed by atoms with Crippen molar-refractivity contribution in [1.82, 2.24) is 20.2 Å². The van der Waals surface area contributed by atoms with Crippen LogP contribution >= 0.6 is 0 Å². The number of carbonyl (C=O) groups is 1. The van der Waals surface area contributed by atoms with Gasteiger partial charge in [0, 0.05) is 24.4 Å². The van der Waals surface area contributed by atoms with Crippen LogP contribution in [0.15, 0.2) is 15.1 Å². The molecule has 1 saturated heterocycles. The van der Waals surface area contributed by atoms with Gasteiger partial charge in [0.05, 0.1) is 6.04 Å². The van der Waals surface area contributed by atoms with Crippen molar-refractivity contribution in [3.63, 3.8) is 0 Å². The lowest BCUT2D eigenvalue weighted by Crippen LogP contribution is -2.46. The highest BCUT2D eigenvalue weighted by atomic mass is 16.5. The van der Waals surface area contributed by atoms with Gasteiger partial charge in [-0.25, -0.2) is 0 Å². The molecular formula is C17H23N5O3. The van der Waals surface area contributed by atoms with Crippen LogP contribution in [-0.4, -0.2) is 45.2 Å². The topological polar surface area (TPSA) is 97.3 Å². The Morgan fingerprint density at radius 2 is 2.12 bits per heavy atom. The number of aromatic nitrogens is 3. The highest BCUT2D eigenvalue weighted by molar-refractivity contribution is 5.93. The van der Waals surface area contributed by atoms with Crippen LogP contribution in [0.4, 0.5) is 5.82 Å². The number of amides is 1. The molecular weight excluding hydrogens is 322 g/mol. The van der Waals surface area contributed by atoms with Gasteiger partial charge in [-0.05, 0) is 46.1 Å². The van der Waals surface area contributed by atoms with Crippen molar-refractivity contribution in [3.05, 3.63) is 23.5 Å². The number of carbonyl (C=O) groups excluding carboxylic acids is 1. The van der Waals surface area contributed by atoms with Crippen LogP contribution in [0, 0.1) is 6.92 Å². The second-order valence-electron chi connectivity index (χ2n) is 7.09. The Hall–Kier alpha value is -2.22. The highest BCUT2D eigenvalue weighted by Crippen LogP contribution is 2.39. The fraction of sp³-hybridized carbons (Fsp3) is 0.647. The Morgan fingerprint density at radius 3 is 2.84 bits per heavy atom. The molecule has 2 aromatic heterocycles. The van der Waals surface area contributed by atoms with Crippen LogP contribution in [0.3, 0.4) is 0 Å². The van der Waals surface area contributed by atoms with Crippen molar-refractivity contribution < 1.29 is 13.8 Å². The van der Waals surface area contributed by atoms with E-state index in [4.69, 9.17) is 9.05 Å². The molecule has 2 atom stereocenters. The van der Waals surface area contributed by atoms with E-state index in [0.717, 1.165) is 50.5 Å². The van der Waals surface area contributed by atoms with Gasteiger partial charge in [-0.2, -0.15) is 4.98 Å². The van der Waals surface area contributed by atoms with Crippen molar-refractivity contribution in [2.75, 3.05) is 18.4 Å². The monoisotopic (exact) mass is 345 g/mol. The van der Waals surface area contributed by atoms with Gasteiger partial charge >= 0.3 is 0 Å². The summed E-state index contributed by atoms with van der Waals surface area (Å²) in [6, 6.07) is 1.46. The van der Waals surface area contributed by atoms with Crippen LogP contribution in [0.2, 0.25) is 0 Å². The molecule has 25 heavy (non-hydrogen) atoms. The van der Waals surface area contributed by atoms with E-state index in [2.05, 4.69) is 25.5 Å². The van der Waals surface area contributed by atoms with Crippen molar-refractivity contribution in [2.24, 2.45) is 0 Å². The second-order valence-corrected chi connectivity index (χ2v) is 7.09. The van der Waals surface area contributed by atoms with Gasteiger partial charge in [-0.1, -0.05) is 10.3 Å². The molecule has 3 heterocycles. The molecule has 1 amide bonds. The Kier molecular flexibility index (Phi) is 4.29. The predicted octanol–water partition coefficient (Wildman–Crippen LogP) is 2.45. The molecule has 0 aromatic carbocycles. The lowest BCUT2D eigenvalue weighted by molar-refractivity contribution is -0.121. The Bertz CT molecular complexity index is 751. The fourth-order valence-corrected chi connectivity index (χ4v) is 3.30. The van der Waals surface area contributed by atoms with E-state index < -0.39 is 0 Å². The summed E-state index contributed by atoms with van der Waals surface area (Å²) >= 11 is 0. The molecule has 2 aromatic rings. The van der Waals surface area contributed by atoms with Crippen LogP contribution in [0.5, 0.6) is 0 Å². The van der Waals surface area contributed by atoms with E-state index in [1.165, 1.54) is 0 Å². The number of likely N-dealkylation sites (tertiary alicyclic amines) is 1. The largest absolute Gasteiger partial charge is 0.360 e. The third-order valence-electron chi connectivity index (χ3n) is 5.01. The molecule has 0 spiro atoms. The first-order chi connectivity index (χ1) is 12.1. The van der Waals surface area contributed by atoms with Crippen molar-refractivity contribution in [2.45, 2.75) is 57.4 Å². The molecule has 1 N–H and O–H groups in total. The number of hydrogen-bond donors (Lipinski definition) is 1. The summed E-state index contributed by atoms with van der Waals surface area (Å²) in [7, 11) is 0. The molecule has 0 radical (unpaired) electrons. The van der Waals surface area contributed by atoms with Gasteiger partial charge in [-0.3, -0.25) is 9.69 Å². The summed E-state index contributed by atoms with van der Waals surface area (Å²) < 4.78 is 10.4. The zero-order valence-electron chi connectivity index (χ0n) is 14.6. The minimum Gasteiger partial charge on any atom is -0.360 e. The minimum absolute atomic E-state index is 0.0827. The zero-order valence-corrected chi connectivity index (χ0v) is 14.6. The number of rotatable bonds is 5. The van der Waals surface area contributed by atoms with E-state index in [1.54, 1.807) is 13.0 Å². The number of nitrogens with zero attached hydrogens (tertiary/aromatic N) is 4. The van der Waals surface area contributed by atoms with Gasteiger partial charge in [0.25, 0.3) is 0 Å². The van der Waals surface area contributed by atoms with E-state index in [0.29, 0.717) is 17.5 Å². The molecule has 134 valence electrons. The lowest BCUT2D eigenvalue weighted by Gasteiger charge is -2.34. The van der Waals surface area contributed by atoms with Gasteiger partial charge in [0.1, 0.15) is 5.76 Å². The predicted molar refractivity (Wildman–Crippen MR) is 89.2 cm³/mol. The summed E-state index contributed by atoms with van der Waals surface area (Å²) in [5, 5.41) is 10.8.